The molecule has 0 aliphatic heterocycles. The van der Waals surface area contributed by atoms with Gasteiger partial charge >= 0.3 is 12.3 Å². The molecule has 2 amide bonds. The minimum Gasteiger partial charge on any atom is -0.444 e. The summed E-state index contributed by atoms with van der Waals surface area (Å²) in [7, 11) is 0. The van der Waals surface area contributed by atoms with Crippen molar-refractivity contribution in [1.82, 2.24) is 5.32 Å². The number of carbonyl (C=O) groups excluding carboxylic acids is 2. The average Bonchev–Trinajstić information content (AvgIpc) is 2.42. The molecule has 0 saturated carbocycles. The summed E-state index contributed by atoms with van der Waals surface area (Å²) in [6, 6.07) is 4.93. The van der Waals surface area contributed by atoms with Crippen LogP contribution in [0.3, 0.4) is 0 Å². The Morgan fingerprint density at radius 1 is 1.20 bits per heavy atom. The molecular formula is C16H23F3N2O4. The lowest BCUT2D eigenvalue weighted by Crippen LogP contribution is -2.28. The molecular weight excluding hydrogens is 341 g/mol. The van der Waals surface area contributed by atoms with Crippen molar-refractivity contribution in [3.63, 3.8) is 0 Å². The highest BCUT2D eigenvalue weighted by Gasteiger charge is 2.33. The maximum Gasteiger partial charge on any atom is 0.416 e. The van der Waals surface area contributed by atoms with E-state index in [1.807, 2.05) is 0 Å². The highest BCUT2D eigenvalue weighted by Crippen LogP contribution is 2.31. The third-order valence-corrected chi connectivity index (χ3v) is 2.51. The Hall–Kier alpha value is -2.29. The zero-order valence-electron chi connectivity index (χ0n) is 14.3. The van der Waals surface area contributed by atoms with Gasteiger partial charge in [0, 0.05) is 6.54 Å². The van der Waals surface area contributed by atoms with E-state index in [-0.39, 0.29) is 25.1 Å². The van der Waals surface area contributed by atoms with Crippen molar-refractivity contribution in [3.05, 3.63) is 35.4 Å². The second-order valence-corrected chi connectivity index (χ2v) is 5.94. The normalized spacial score (nSPS) is 11.2. The number of halogens is 3. The number of carbonyl (C=O) groups is 2. The quantitative estimate of drug-likeness (QED) is 0.762. The largest absolute Gasteiger partial charge is 0.444 e. The van der Waals surface area contributed by atoms with Gasteiger partial charge in [-0.2, -0.15) is 13.2 Å². The zero-order valence-corrected chi connectivity index (χ0v) is 14.3. The van der Waals surface area contributed by atoms with Crippen molar-refractivity contribution >= 4 is 12.0 Å². The predicted octanol–water partition coefficient (Wildman–Crippen LogP) is 2.24. The number of hydrogen-bond acceptors (Lipinski definition) is 4. The van der Waals surface area contributed by atoms with Gasteiger partial charge in [0.15, 0.2) is 0 Å². The number of alkyl halides is 3. The molecule has 6 nitrogen and oxygen atoms in total. The Morgan fingerprint density at radius 2 is 1.76 bits per heavy atom. The summed E-state index contributed by atoms with van der Waals surface area (Å²) < 4.78 is 42.3. The van der Waals surface area contributed by atoms with Crippen LogP contribution in [0.5, 0.6) is 0 Å². The molecule has 0 aromatic heterocycles. The van der Waals surface area contributed by atoms with E-state index in [4.69, 9.17) is 10.8 Å². The summed E-state index contributed by atoms with van der Waals surface area (Å²) in [5.41, 5.74) is 3.38. The van der Waals surface area contributed by atoms with Crippen LogP contribution in [0.25, 0.3) is 0 Å². The number of nitrogens with one attached hydrogen (secondary N) is 1. The predicted molar refractivity (Wildman–Crippen MR) is 85.7 cm³/mol. The third kappa shape index (κ3) is 11.0. The number of nitrogens with two attached hydrogens (primary N) is 1. The van der Waals surface area contributed by atoms with Crippen molar-refractivity contribution in [1.29, 1.82) is 0 Å². The standard InChI is InChI=1S/C11H12F3NO2.C5H11NO2/c12-11(13,14)9-4-2-1-3-8(9)7-10(17)15-5-6-16;1-5(2,3)8-4(6)7/h1-4,16H,5-7H2,(H,15,17);1-3H3,(H2,6,7). The molecule has 0 aliphatic carbocycles. The van der Waals surface area contributed by atoms with E-state index < -0.39 is 29.3 Å². The lowest BCUT2D eigenvalue weighted by Gasteiger charge is -2.16. The van der Waals surface area contributed by atoms with Crippen LogP contribution in [-0.2, 0) is 22.1 Å². The van der Waals surface area contributed by atoms with E-state index in [0.717, 1.165) is 6.07 Å². The number of rotatable bonds is 4. The molecule has 0 saturated heterocycles. The van der Waals surface area contributed by atoms with Gasteiger partial charge in [-0.15, -0.1) is 0 Å². The van der Waals surface area contributed by atoms with Gasteiger partial charge < -0.3 is 20.9 Å². The van der Waals surface area contributed by atoms with E-state index in [2.05, 4.69) is 10.1 Å². The topological polar surface area (TPSA) is 102 Å². The summed E-state index contributed by atoms with van der Waals surface area (Å²) in [6.45, 7) is 5.08. The molecule has 4 N–H and O–H groups in total. The number of ether oxygens (including phenoxy) is 1. The molecule has 0 radical (unpaired) electrons. The number of amides is 2. The van der Waals surface area contributed by atoms with Gasteiger partial charge in [0.2, 0.25) is 5.91 Å². The monoisotopic (exact) mass is 364 g/mol. The van der Waals surface area contributed by atoms with E-state index in [0.29, 0.717) is 0 Å². The first-order chi connectivity index (χ1) is 11.4. The molecule has 0 bridgehead atoms. The second kappa shape index (κ2) is 9.87. The molecule has 1 aromatic carbocycles. The van der Waals surface area contributed by atoms with Gasteiger partial charge in [-0.1, -0.05) is 18.2 Å². The van der Waals surface area contributed by atoms with Crippen LogP contribution < -0.4 is 11.1 Å². The molecule has 0 unspecified atom stereocenters. The Balaban J connectivity index is 0.000000609. The van der Waals surface area contributed by atoms with Gasteiger partial charge in [0.1, 0.15) is 5.60 Å². The molecule has 1 aromatic rings. The highest BCUT2D eigenvalue weighted by molar-refractivity contribution is 5.78. The minimum absolute atomic E-state index is 0.0347. The van der Waals surface area contributed by atoms with Crippen molar-refractivity contribution in [2.24, 2.45) is 5.73 Å². The highest BCUT2D eigenvalue weighted by atomic mass is 19.4. The smallest absolute Gasteiger partial charge is 0.416 e. The third-order valence-electron chi connectivity index (χ3n) is 2.51. The fourth-order valence-electron chi connectivity index (χ4n) is 1.68. The number of aliphatic hydroxyl groups is 1. The van der Waals surface area contributed by atoms with E-state index >= 15 is 0 Å². The maximum absolute atomic E-state index is 12.6. The molecule has 142 valence electrons. The van der Waals surface area contributed by atoms with E-state index in [1.165, 1.54) is 18.2 Å². The van der Waals surface area contributed by atoms with Crippen LogP contribution in [0.2, 0.25) is 0 Å². The van der Waals surface area contributed by atoms with Crippen LogP contribution in [0.4, 0.5) is 18.0 Å². The molecule has 9 heteroatoms. The lowest BCUT2D eigenvalue weighted by atomic mass is 10.0. The summed E-state index contributed by atoms with van der Waals surface area (Å²) in [5.74, 6) is -0.546. The molecule has 0 aliphatic rings. The summed E-state index contributed by atoms with van der Waals surface area (Å²) in [4.78, 5) is 21.3. The zero-order chi connectivity index (χ0) is 19.7. The first-order valence-corrected chi connectivity index (χ1v) is 7.38. The van der Waals surface area contributed by atoms with Crippen LogP contribution in [0.15, 0.2) is 24.3 Å². The summed E-state index contributed by atoms with van der Waals surface area (Å²) >= 11 is 0. The first kappa shape index (κ1) is 22.7. The Bertz CT molecular complexity index is 569. The summed E-state index contributed by atoms with van der Waals surface area (Å²) in [6.07, 6.45) is -5.54. The van der Waals surface area contributed by atoms with Crippen molar-refractivity contribution < 1.29 is 32.6 Å². The molecule has 0 atom stereocenters. The van der Waals surface area contributed by atoms with Crippen LogP contribution >= 0.6 is 0 Å². The molecule has 0 spiro atoms. The molecule has 25 heavy (non-hydrogen) atoms. The Kier molecular flexibility index (Phi) is 8.97. The molecule has 0 fully saturated rings. The van der Waals surface area contributed by atoms with Crippen molar-refractivity contribution in [2.75, 3.05) is 13.2 Å². The molecule has 1 rings (SSSR count). The van der Waals surface area contributed by atoms with Gasteiger partial charge in [0.05, 0.1) is 18.6 Å². The number of hydrogen-bond donors (Lipinski definition) is 3. The van der Waals surface area contributed by atoms with Gasteiger partial charge in [0.25, 0.3) is 0 Å². The Morgan fingerprint density at radius 3 is 2.16 bits per heavy atom. The van der Waals surface area contributed by atoms with Crippen LogP contribution in [0.1, 0.15) is 31.9 Å². The minimum atomic E-state index is -4.46. The Labute approximate surface area is 144 Å². The van der Waals surface area contributed by atoms with E-state index in [9.17, 15) is 22.8 Å². The number of primary amides is 1. The fraction of sp³-hybridized carbons (Fsp3) is 0.500. The SMILES string of the molecule is CC(C)(C)OC(N)=O.O=C(Cc1ccccc1C(F)(F)F)NCCO. The second-order valence-electron chi connectivity index (χ2n) is 5.94. The van der Waals surface area contributed by atoms with Gasteiger partial charge in [-0.05, 0) is 32.4 Å². The number of aliphatic hydroxyl groups excluding tert-OH is 1. The average molecular weight is 364 g/mol. The van der Waals surface area contributed by atoms with Gasteiger partial charge in [-0.3, -0.25) is 4.79 Å². The number of benzene rings is 1. The van der Waals surface area contributed by atoms with E-state index in [1.54, 1.807) is 20.8 Å². The first-order valence-electron chi connectivity index (χ1n) is 7.38. The van der Waals surface area contributed by atoms with Crippen LogP contribution in [0, 0.1) is 0 Å². The van der Waals surface area contributed by atoms with Crippen molar-refractivity contribution in [2.45, 2.75) is 39.0 Å². The fourth-order valence-corrected chi connectivity index (χ4v) is 1.68. The maximum atomic E-state index is 12.6. The molecule has 0 heterocycles. The summed E-state index contributed by atoms with van der Waals surface area (Å²) in [5, 5.41) is 10.8. The van der Waals surface area contributed by atoms with Crippen LogP contribution in [-0.4, -0.2) is 35.9 Å². The van der Waals surface area contributed by atoms with Gasteiger partial charge in [-0.25, -0.2) is 4.79 Å². The van der Waals surface area contributed by atoms with Crippen molar-refractivity contribution in [3.8, 4) is 0 Å². The lowest BCUT2D eigenvalue weighted by molar-refractivity contribution is -0.138.